The van der Waals surface area contributed by atoms with E-state index in [1.54, 1.807) is 4.90 Å². The minimum absolute atomic E-state index is 0.142. The number of pyridine rings is 2. The predicted molar refractivity (Wildman–Crippen MR) is 258 cm³/mol. The van der Waals surface area contributed by atoms with Crippen molar-refractivity contribution in [3.05, 3.63) is 119 Å². The minimum Gasteiger partial charge on any atom is -0.382 e. The van der Waals surface area contributed by atoms with Crippen LogP contribution in [0.2, 0.25) is 0 Å². The number of hydrogen-bond acceptors (Lipinski definition) is 10. The van der Waals surface area contributed by atoms with Gasteiger partial charge in [-0.05, 0) is 84.3 Å². The number of anilines is 4. The molecule has 0 bridgehead atoms. The summed E-state index contributed by atoms with van der Waals surface area (Å²) in [6.07, 6.45) is 6.83. The van der Waals surface area contributed by atoms with Crippen LogP contribution in [0.1, 0.15) is 99.1 Å². The topological polar surface area (TPSA) is 229 Å². The number of carbonyl (C=O) groups excluding carboxylic acids is 2. The third-order valence-electron chi connectivity index (χ3n) is 12.1. The molecule has 4 aromatic heterocycles. The molecule has 8 aromatic rings. The Morgan fingerprint density at radius 3 is 1.39 bits per heavy atom. The maximum absolute atomic E-state index is 14.7. The van der Waals surface area contributed by atoms with Gasteiger partial charge in [0, 0.05) is 74.0 Å². The maximum atomic E-state index is 14.7. The van der Waals surface area contributed by atoms with Crippen LogP contribution in [-0.4, -0.2) is 40.9 Å². The normalized spacial score (nSPS) is 11.7. The number of nitrogens with two attached hydrogens (primary N) is 5. The van der Waals surface area contributed by atoms with E-state index in [0.29, 0.717) is 84.1 Å². The molecule has 4 aromatic carbocycles. The first kappa shape index (κ1) is 43.7. The summed E-state index contributed by atoms with van der Waals surface area (Å²) in [6, 6.07) is 28.3. The van der Waals surface area contributed by atoms with Gasteiger partial charge in [-0.15, -0.1) is 0 Å². The first-order chi connectivity index (χ1) is 31.1. The molecule has 0 fully saturated rings. The fraction of sp³-hybridized carbons (Fsp3) is 0.320. The number of primary amides is 1. The highest BCUT2D eigenvalue weighted by molar-refractivity contribution is 6.12. The summed E-state index contributed by atoms with van der Waals surface area (Å²) < 4.78 is 4.48. The quantitative estimate of drug-likeness (QED) is 0.0491. The lowest BCUT2D eigenvalue weighted by Crippen LogP contribution is -2.26. The summed E-state index contributed by atoms with van der Waals surface area (Å²) in [5, 5.41) is 1.64. The lowest BCUT2D eigenvalue weighted by Gasteiger charge is -2.24. The van der Waals surface area contributed by atoms with E-state index < -0.39 is 5.91 Å². The summed E-state index contributed by atoms with van der Waals surface area (Å²) >= 11 is 0. The zero-order chi connectivity index (χ0) is 44.9. The van der Waals surface area contributed by atoms with Crippen molar-refractivity contribution in [2.24, 2.45) is 17.2 Å². The van der Waals surface area contributed by atoms with E-state index in [-0.39, 0.29) is 18.7 Å². The van der Waals surface area contributed by atoms with Gasteiger partial charge in [-0.1, -0.05) is 75.2 Å². The molecule has 0 atom stereocenters. The Morgan fingerprint density at radius 1 is 0.562 bits per heavy atom. The fourth-order valence-electron chi connectivity index (χ4n) is 8.61. The average molecular weight is 859 g/mol. The Labute approximate surface area is 372 Å². The van der Waals surface area contributed by atoms with Crippen LogP contribution in [0.3, 0.4) is 0 Å². The van der Waals surface area contributed by atoms with E-state index in [0.717, 1.165) is 94.2 Å². The van der Waals surface area contributed by atoms with Crippen LogP contribution >= 0.6 is 0 Å². The predicted octanol–water partition coefficient (Wildman–Crippen LogP) is 8.06. The van der Waals surface area contributed by atoms with Crippen molar-refractivity contribution in [3.8, 4) is 0 Å². The van der Waals surface area contributed by atoms with Crippen LogP contribution in [0.5, 0.6) is 0 Å². The molecule has 14 nitrogen and oxygen atoms in total. The second-order valence-corrected chi connectivity index (χ2v) is 16.7. The van der Waals surface area contributed by atoms with Crippen LogP contribution in [0.15, 0.2) is 84.9 Å². The van der Waals surface area contributed by atoms with Crippen LogP contribution in [0.4, 0.5) is 23.0 Å². The summed E-state index contributed by atoms with van der Waals surface area (Å²) in [4.78, 5) is 48.0. The molecule has 0 aliphatic rings. The zero-order valence-electron chi connectivity index (χ0n) is 36.8. The van der Waals surface area contributed by atoms with Crippen LogP contribution in [0, 0.1) is 0 Å². The molecule has 0 unspecified atom stereocenters. The third-order valence-corrected chi connectivity index (χ3v) is 12.1. The monoisotopic (exact) mass is 858 g/mol. The smallest absolute Gasteiger partial charge is 0.231 e. The van der Waals surface area contributed by atoms with Crippen molar-refractivity contribution < 1.29 is 9.59 Å². The van der Waals surface area contributed by atoms with Gasteiger partial charge in [0.1, 0.15) is 22.7 Å². The van der Waals surface area contributed by atoms with Crippen molar-refractivity contribution in [1.29, 1.82) is 0 Å². The van der Waals surface area contributed by atoms with Gasteiger partial charge in [-0.2, -0.15) is 0 Å². The average Bonchev–Trinajstić information content (AvgIpc) is 3.86. The number of carbonyl (C=O) groups is 2. The number of nitrogens with zero attached hydrogens (tertiary/aromatic N) is 7. The Morgan fingerprint density at radius 2 is 0.984 bits per heavy atom. The van der Waals surface area contributed by atoms with Gasteiger partial charge in [0.25, 0.3) is 0 Å². The van der Waals surface area contributed by atoms with Gasteiger partial charge < -0.3 is 37.8 Å². The number of fused-ring (bicyclic) bond motifs is 6. The van der Waals surface area contributed by atoms with E-state index >= 15 is 0 Å². The van der Waals surface area contributed by atoms with E-state index in [9.17, 15) is 9.59 Å². The van der Waals surface area contributed by atoms with Crippen molar-refractivity contribution >= 4 is 78.7 Å². The van der Waals surface area contributed by atoms with Crippen molar-refractivity contribution in [2.45, 2.75) is 104 Å². The number of hydrogen-bond donors (Lipinski definition) is 5. The largest absolute Gasteiger partial charge is 0.382 e. The number of aryl methyl sites for hydroxylation is 2. The number of benzene rings is 4. The fourth-order valence-corrected chi connectivity index (χ4v) is 8.61. The highest BCUT2D eigenvalue weighted by atomic mass is 16.2. The van der Waals surface area contributed by atoms with Gasteiger partial charge in [0.15, 0.2) is 11.6 Å². The molecule has 0 spiro atoms. The Hall–Kier alpha value is -6.90. The molecule has 0 saturated heterocycles. The Bertz CT molecular complexity index is 2790. The van der Waals surface area contributed by atoms with Crippen LogP contribution < -0.4 is 33.6 Å². The number of rotatable bonds is 19. The molecule has 64 heavy (non-hydrogen) atoms. The molecule has 10 N–H and O–H groups in total. The Balaban J connectivity index is 1.32. The highest BCUT2D eigenvalue weighted by Gasteiger charge is 2.25. The van der Waals surface area contributed by atoms with Crippen molar-refractivity contribution in [3.63, 3.8) is 0 Å². The molecule has 4 heterocycles. The van der Waals surface area contributed by atoms with Gasteiger partial charge in [-0.3, -0.25) is 14.5 Å². The second-order valence-electron chi connectivity index (χ2n) is 16.7. The van der Waals surface area contributed by atoms with E-state index in [2.05, 4.69) is 71.5 Å². The summed E-state index contributed by atoms with van der Waals surface area (Å²) in [7, 11) is 0. The van der Waals surface area contributed by atoms with Crippen molar-refractivity contribution in [1.82, 2.24) is 29.1 Å². The molecular weight excluding hydrogens is 801 g/mol. The molecule has 0 aliphatic carbocycles. The first-order valence-corrected chi connectivity index (χ1v) is 22.4. The molecule has 330 valence electrons. The second kappa shape index (κ2) is 19.2. The molecule has 0 aliphatic heterocycles. The lowest BCUT2D eigenvalue weighted by molar-refractivity contribution is -0.119. The van der Waals surface area contributed by atoms with Gasteiger partial charge in [-0.25, -0.2) is 19.9 Å². The van der Waals surface area contributed by atoms with Gasteiger partial charge in [0.2, 0.25) is 11.8 Å². The standard InChI is InChI=1S/C50H58N12O2/c1-3-5-10-42-58-45-47(60(42)29-33-17-13-31(27-51)14-18-33)37-25-35(21-23-39(37)56-49(45)54)62(44(64)12-8-7-9-41(53)63)36-22-24-40-38(26-36)48-46(50(55)57-40)59-43(11-6-4-2)61(48)30-34-19-15-32(28-52)16-20-34/h13-26H,3-12,27-30,51-52H2,1-2H3,(H2,53,63)(H2,54,56)(H2,55,57). The molecule has 0 saturated carbocycles. The number of aromatic nitrogens is 6. The highest BCUT2D eigenvalue weighted by Crippen LogP contribution is 2.38. The molecular formula is C50H58N12O2. The first-order valence-electron chi connectivity index (χ1n) is 22.4. The Kier molecular flexibility index (Phi) is 13.1. The zero-order valence-corrected chi connectivity index (χ0v) is 36.8. The van der Waals surface area contributed by atoms with Crippen molar-refractivity contribution in [2.75, 3.05) is 16.4 Å². The molecule has 0 radical (unpaired) electrons. The number of unbranched alkanes of at least 4 members (excludes halogenated alkanes) is 3. The number of nitrogen functional groups attached to an aromatic ring is 2. The molecule has 8 rings (SSSR count). The lowest BCUT2D eigenvalue weighted by atomic mass is 10.1. The van der Waals surface area contributed by atoms with Gasteiger partial charge in [0.05, 0.1) is 22.1 Å². The number of amides is 2. The van der Waals surface area contributed by atoms with Crippen LogP contribution in [0.25, 0.3) is 43.9 Å². The maximum Gasteiger partial charge on any atom is 0.231 e. The summed E-state index contributed by atoms with van der Waals surface area (Å²) in [6.45, 7) is 6.39. The summed E-state index contributed by atoms with van der Waals surface area (Å²) in [5.41, 5.74) is 40.7. The molecule has 2 amide bonds. The van der Waals surface area contributed by atoms with E-state index in [4.69, 9.17) is 48.6 Å². The van der Waals surface area contributed by atoms with Gasteiger partial charge >= 0.3 is 0 Å². The minimum atomic E-state index is -0.393. The summed E-state index contributed by atoms with van der Waals surface area (Å²) in [5.74, 6) is 2.01. The SMILES string of the molecule is CCCCc1nc2c(N)nc3ccc(N(C(=O)CCCCC(N)=O)c4ccc5nc(N)c6nc(CCCC)n(Cc7ccc(CN)cc7)c6c5c4)cc3c2n1Cc1ccc(CN)cc1. The van der Waals surface area contributed by atoms with E-state index in [1.807, 2.05) is 36.4 Å². The third kappa shape index (κ3) is 8.97. The molecule has 14 heteroatoms. The number of imidazole rings is 2. The van der Waals surface area contributed by atoms with E-state index in [1.165, 1.54) is 0 Å². The van der Waals surface area contributed by atoms with Crippen LogP contribution in [-0.2, 0) is 48.6 Å².